The van der Waals surface area contributed by atoms with E-state index in [4.69, 9.17) is 15.0 Å². The summed E-state index contributed by atoms with van der Waals surface area (Å²) in [5.41, 5.74) is 7.76. The summed E-state index contributed by atoms with van der Waals surface area (Å²) >= 11 is 0. The van der Waals surface area contributed by atoms with Gasteiger partial charge in [-0.1, -0.05) is 0 Å². The summed E-state index contributed by atoms with van der Waals surface area (Å²) in [6, 6.07) is 0. The fourth-order valence-corrected chi connectivity index (χ4v) is 2.38. The summed E-state index contributed by atoms with van der Waals surface area (Å²) in [5, 5.41) is 0. The van der Waals surface area contributed by atoms with Crippen molar-refractivity contribution in [3.63, 3.8) is 0 Å². The molecule has 116 valence electrons. The lowest BCUT2D eigenvalue weighted by molar-refractivity contribution is 0.00578. The minimum atomic E-state index is -0.442. The number of fused-ring (bicyclic) bond motifs is 1. The van der Waals surface area contributed by atoms with E-state index in [9.17, 15) is 0 Å². The molecule has 1 fully saturated rings. The highest BCUT2D eigenvalue weighted by atomic mass is 16.7. The lowest BCUT2D eigenvalue weighted by atomic mass is 9.77. The Bertz CT molecular complexity index is 707. The van der Waals surface area contributed by atoms with Crippen LogP contribution in [0.4, 0.5) is 0 Å². The van der Waals surface area contributed by atoms with Crippen molar-refractivity contribution in [3.8, 4) is 0 Å². The van der Waals surface area contributed by atoms with E-state index in [0.29, 0.717) is 6.54 Å². The quantitative estimate of drug-likeness (QED) is 0.873. The van der Waals surface area contributed by atoms with Crippen molar-refractivity contribution >= 4 is 18.8 Å². The molecule has 2 aromatic heterocycles. The van der Waals surface area contributed by atoms with Gasteiger partial charge in [0.05, 0.1) is 29.3 Å². The molecule has 3 heterocycles. The third-order valence-electron chi connectivity index (χ3n) is 4.47. The Hall–Kier alpha value is -1.70. The van der Waals surface area contributed by atoms with Gasteiger partial charge in [0.15, 0.2) is 5.65 Å². The standard InChI is InChI=1S/C15H21BN4O2/c1-14(2)15(3,4)22-16(21-14)11(8-17)7-12-9-19-13-10-18-5-6-20(12)13/h5-7,9-10H,8,17H2,1-4H3. The summed E-state index contributed by atoms with van der Waals surface area (Å²) < 4.78 is 14.1. The van der Waals surface area contributed by atoms with Crippen LogP contribution in [0.3, 0.4) is 0 Å². The molecule has 0 unspecified atom stereocenters. The number of rotatable bonds is 3. The predicted molar refractivity (Wildman–Crippen MR) is 86.1 cm³/mol. The van der Waals surface area contributed by atoms with E-state index in [1.54, 1.807) is 18.6 Å². The summed E-state index contributed by atoms with van der Waals surface area (Å²) in [6.45, 7) is 8.47. The van der Waals surface area contributed by atoms with Crippen LogP contribution < -0.4 is 5.73 Å². The average molecular weight is 300 g/mol. The first-order chi connectivity index (χ1) is 10.3. The molecule has 22 heavy (non-hydrogen) atoms. The van der Waals surface area contributed by atoms with E-state index in [1.165, 1.54) is 0 Å². The van der Waals surface area contributed by atoms with Crippen molar-refractivity contribution in [1.29, 1.82) is 0 Å². The van der Waals surface area contributed by atoms with Gasteiger partial charge in [0.2, 0.25) is 0 Å². The zero-order valence-electron chi connectivity index (χ0n) is 13.4. The molecule has 7 heteroatoms. The summed E-state index contributed by atoms with van der Waals surface area (Å²) in [4.78, 5) is 8.39. The molecular formula is C15H21BN4O2. The van der Waals surface area contributed by atoms with Crippen molar-refractivity contribution in [2.24, 2.45) is 5.73 Å². The van der Waals surface area contributed by atoms with Crippen LogP contribution in [0.1, 0.15) is 33.4 Å². The molecule has 0 atom stereocenters. The molecule has 0 saturated carbocycles. The van der Waals surface area contributed by atoms with E-state index in [1.807, 2.05) is 44.4 Å². The van der Waals surface area contributed by atoms with Crippen LogP contribution in [-0.2, 0) is 9.31 Å². The van der Waals surface area contributed by atoms with Crippen molar-refractivity contribution in [2.75, 3.05) is 6.54 Å². The molecule has 6 nitrogen and oxygen atoms in total. The smallest absolute Gasteiger partial charge is 0.400 e. The van der Waals surface area contributed by atoms with Gasteiger partial charge < -0.3 is 15.0 Å². The molecule has 2 N–H and O–H groups in total. The van der Waals surface area contributed by atoms with Crippen molar-refractivity contribution < 1.29 is 9.31 Å². The molecule has 0 radical (unpaired) electrons. The van der Waals surface area contributed by atoms with E-state index in [2.05, 4.69) is 9.97 Å². The third kappa shape index (κ3) is 2.45. The van der Waals surface area contributed by atoms with Crippen LogP contribution in [-0.4, -0.2) is 39.2 Å². The first kappa shape index (κ1) is 15.2. The average Bonchev–Trinajstić information content (AvgIpc) is 2.95. The number of hydrogen-bond acceptors (Lipinski definition) is 5. The second kappa shape index (κ2) is 5.19. The van der Waals surface area contributed by atoms with Gasteiger partial charge in [-0.15, -0.1) is 0 Å². The van der Waals surface area contributed by atoms with Gasteiger partial charge in [-0.2, -0.15) is 0 Å². The molecule has 1 saturated heterocycles. The van der Waals surface area contributed by atoms with Gasteiger partial charge >= 0.3 is 7.12 Å². The van der Waals surface area contributed by atoms with Crippen LogP contribution in [0, 0.1) is 0 Å². The molecule has 0 amide bonds. The molecule has 0 aromatic carbocycles. The molecule has 1 aliphatic heterocycles. The third-order valence-corrected chi connectivity index (χ3v) is 4.47. The normalized spacial score (nSPS) is 20.8. The number of imidazole rings is 1. The highest BCUT2D eigenvalue weighted by Gasteiger charge is 2.52. The molecule has 0 aliphatic carbocycles. The van der Waals surface area contributed by atoms with E-state index in [-0.39, 0.29) is 11.2 Å². The maximum atomic E-state index is 6.07. The second-order valence-electron chi connectivity index (χ2n) is 6.50. The van der Waals surface area contributed by atoms with Crippen LogP contribution in [0.5, 0.6) is 0 Å². The maximum absolute atomic E-state index is 6.07. The van der Waals surface area contributed by atoms with Crippen LogP contribution in [0.2, 0.25) is 0 Å². The molecule has 0 bridgehead atoms. The molecular weight excluding hydrogens is 279 g/mol. The highest BCUT2D eigenvalue weighted by molar-refractivity contribution is 6.55. The molecule has 0 spiro atoms. The van der Waals surface area contributed by atoms with Crippen LogP contribution >= 0.6 is 0 Å². The summed E-state index contributed by atoms with van der Waals surface area (Å²) in [7, 11) is -0.442. The Morgan fingerprint density at radius 3 is 2.59 bits per heavy atom. The lowest BCUT2D eigenvalue weighted by Gasteiger charge is -2.32. The van der Waals surface area contributed by atoms with Gasteiger partial charge in [0, 0.05) is 18.9 Å². The number of nitrogens with two attached hydrogens (primary N) is 1. The van der Waals surface area contributed by atoms with Gasteiger partial charge in [-0.25, -0.2) is 4.98 Å². The number of hydrogen-bond donors (Lipinski definition) is 1. The van der Waals surface area contributed by atoms with Gasteiger partial charge in [-0.3, -0.25) is 9.38 Å². The monoisotopic (exact) mass is 300 g/mol. The van der Waals surface area contributed by atoms with Gasteiger partial charge in [0.1, 0.15) is 0 Å². The zero-order chi connectivity index (χ0) is 16.0. The minimum Gasteiger partial charge on any atom is -0.400 e. The van der Waals surface area contributed by atoms with Crippen molar-refractivity contribution in [2.45, 2.75) is 38.9 Å². The van der Waals surface area contributed by atoms with Gasteiger partial charge in [0.25, 0.3) is 0 Å². The summed E-state index contributed by atoms with van der Waals surface area (Å²) in [6.07, 6.45) is 9.07. The number of aromatic nitrogens is 3. The fraction of sp³-hybridized carbons (Fsp3) is 0.467. The Kier molecular flexibility index (Phi) is 3.59. The highest BCUT2D eigenvalue weighted by Crippen LogP contribution is 2.38. The fourth-order valence-electron chi connectivity index (χ4n) is 2.38. The van der Waals surface area contributed by atoms with E-state index < -0.39 is 7.12 Å². The molecule has 1 aliphatic rings. The topological polar surface area (TPSA) is 74.7 Å². The summed E-state index contributed by atoms with van der Waals surface area (Å²) in [5.74, 6) is 0. The first-order valence-corrected chi connectivity index (χ1v) is 7.37. The van der Waals surface area contributed by atoms with Crippen molar-refractivity contribution in [1.82, 2.24) is 14.4 Å². The Labute approximate surface area is 130 Å². The lowest BCUT2D eigenvalue weighted by Crippen LogP contribution is -2.41. The van der Waals surface area contributed by atoms with E-state index >= 15 is 0 Å². The number of nitrogens with zero attached hydrogens (tertiary/aromatic N) is 3. The Morgan fingerprint density at radius 1 is 1.27 bits per heavy atom. The largest absolute Gasteiger partial charge is 0.491 e. The Morgan fingerprint density at radius 2 is 1.95 bits per heavy atom. The molecule has 2 aromatic rings. The first-order valence-electron chi connectivity index (χ1n) is 7.37. The van der Waals surface area contributed by atoms with E-state index in [0.717, 1.165) is 16.8 Å². The van der Waals surface area contributed by atoms with Gasteiger partial charge in [-0.05, 0) is 39.2 Å². The second-order valence-corrected chi connectivity index (χ2v) is 6.50. The molecule has 3 rings (SSSR count). The minimum absolute atomic E-state index is 0.356. The Balaban J connectivity index is 1.95. The SMILES string of the molecule is CC1(C)OB(C(=Cc2cnc3cnccn23)CN)OC1(C)C. The van der Waals surface area contributed by atoms with Crippen LogP contribution in [0.15, 0.2) is 30.3 Å². The van der Waals surface area contributed by atoms with Crippen molar-refractivity contribution in [3.05, 3.63) is 36.0 Å². The predicted octanol–water partition coefficient (Wildman–Crippen LogP) is 1.70. The zero-order valence-corrected chi connectivity index (χ0v) is 13.4. The maximum Gasteiger partial charge on any atom is 0.491 e. The van der Waals surface area contributed by atoms with Crippen LogP contribution in [0.25, 0.3) is 11.7 Å².